The van der Waals surface area contributed by atoms with Crippen molar-refractivity contribution in [2.24, 2.45) is 5.41 Å². The summed E-state index contributed by atoms with van der Waals surface area (Å²) in [6.45, 7) is 5.49. The second kappa shape index (κ2) is 5.50. The second-order valence-electron chi connectivity index (χ2n) is 4.28. The van der Waals surface area contributed by atoms with Crippen LogP contribution in [0.2, 0.25) is 0 Å². The highest BCUT2D eigenvalue weighted by molar-refractivity contribution is 4.74. The maximum absolute atomic E-state index is 12.0. The first-order chi connectivity index (χ1) is 5.87. The Kier molecular flexibility index (Phi) is 5.40. The number of nitrogens with zero attached hydrogens (tertiary/aromatic N) is 1. The van der Waals surface area contributed by atoms with E-state index in [2.05, 4.69) is 19.2 Å². The van der Waals surface area contributed by atoms with Gasteiger partial charge in [-0.05, 0) is 19.5 Å². The third-order valence-electron chi connectivity index (χ3n) is 1.80. The largest absolute Gasteiger partial charge is 0.319 e. The summed E-state index contributed by atoms with van der Waals surface area (Å²) >= 11 is 0. The Morgan fingerprint density at radius 2 is 1.92 bits per heavy atom. The van der Waals surface area contributed by atoms with Gasteiger partial charge in [0.15, 0.2) is 0 Å². The molecule has 0 aliphatic rings. The molecule has 13 heavy (non-hydrogen) atoms. The fraction of sp³-hybridized carbons (Fsp3) is 1.00. The summed E-state index contributed by atoms with van der Waals surface area (Å²) < 4.78 is 24.0. The predicted octanol–water partition coefficient (Wildman–Crippen LogP) is 1.43. The molecule has 0 aromatic heterocycles. The first-order valence-corrected chi connectivity index (χ1v) is 4.49. The molecule has 0 heterocycles. The number of halogens is 2. The lowest BCUT2D eigenvalue weighted by molar-refractivity contribution is 0.0825. The SMILES string of the molecule is CNCC(C)(C)CN(C)CC(F)F. The molecule has 0 aromatic carbocycles. The van der Waals surface area contributed by atoms with E-state index >= 15 is 0 Å². The molecule has 0 atom stereocenters. The van der Waals surface area contributed by atoms with E-state index in [1.54, 1.807) is 11.9 Å². The van der Waals surface area contributed by atoms with Crippen molar-refractivity contribution in [2.45, 2.75) is 20.3 Å². The molecule has 0 unspecified atom stereocenters. The van der Waals surface area contributed by atoms with E-state index in [4.69, 9.17) is 0 Å². The summed E-state index contributed by atoms with van der Waals surface area (Å²) in [5.74, 6) is 0. The fourth-order valence-electron chi connectivity index (χ4n) is 1.57. The van der Waals surface area contributed by atoms with Crippen molar-refractivity contribution in [3.63, 3.8) is 0 Å². The molecule has 0 spiro atoms. The van der Waals surface area contributed by atoms with Crippen molar-refractivity contribution in [3.8, 4) is 0 Å². The van der Waals surface area contributed by atoms with Crippen LogP contribution in [-0.4, -0.2) is 45.1 Å². The van der Waals surface area contributed by atoms with Crippen LogP contribution in [-0.2, 0) is 0 Å². The van der Waals surface area contributed by atoms with E-state index in [-0.39, 0.29) is 12.0 Å². The highest BCUT2D eigenvalue weighted by Crippen LogP contribution is 2.15. The summed E-state index contributed by atoms with van der Waals surface area (Å²) in [4.78, 5) is 1.67. The molecule has 0 aliphatic heterocycles. The number of nitrogens with one attached hydrogen (secondary N) is 1. The van der Waals surface area contributed by atoms with Crippen LogP contribution in [0, 0.1) is 5.41 Å². The van der Waals surface area contributed by atoms with Gasteiger partial charge in [0.1, 0.15) is 0 Å². The topological polar surface area (TPSA) is 15.3 Å². The molecule has 1 N–H and O–H groups in total. The van der Waals surface area contributed by atoms with Crippen LogP contribution in [0.15, 0.2) is 0 Å². The molecular weight excluding hydrogens is 174 g/mol. The maximum atomic E-state index is 12.0. The Labute approximate surface area is 79.3 Å². The van der Waals surface area contributed by atoms with Crippen molar-refractivity contribution in [1.82, 2.24) is 10.2 Å². The Morgan fingerprint density at radius 1 is 1.38 bits per heavy atom. The molecule has 0 amide bonds. The average molecular weight is 194 g/mol. The fourth-order valence-corrected chi connectivity index (χ4v) is 1.57. The van der Waals surface area contributed by atoms with E-state index in [1.165, 1.54) is 0 Å². The van der Waals surface area contributed by atoms with Crippen LogP contribution < -0.4 is 5.32 Å². The summed E-state index contributed by atoms with van der Waals surface area (Å²) in [6, 6.07) is 0. The van der Waals surface area contributed by atoms with E-state index in [0.717, 1.165) is 6.54 Å². The molecule has 2 nitrogen and oxygen atoms in total. The van der Waals surface area contributed by atoms with Crippen molar-refractivity contribution >= 4 is 0 Å². The number of hydrogen-bond donors (Lipinski definition) is 1. The molecule has 0 fully saturated rings. The minimum atomic E-state index is -2.24. The van der Waals surface area contributed by atoms with Crippen LogP contribution in [0.25, 0.3) is 0 Å². The number of alkyl halides is 2. The van der Waals surface area contributed by atoms with Gasteiger partial charge in [-0.2, -0.15) is 0 Å². The van der Waals surface area contributed by atoms with Gasteiger partial charge in [-0.15, -0.1) is 0 Å². The van der Waals surface area contributed by atoms with Crippen LogP contribution in [0.4, 0.5) is 8.78 Å². The van der Waals surface area contributed by atoms with Crippen molar-refractivity contribution in [2.75, 3.05) is 33.7 Å². The molecule has 0 saturated carbocycles. The number of hydrogen-bond acceptors (Lipinski definition) is 2. The molecule has 0 bridgehead atoms. The lowest BCUT2D eigenvalue weighted by atomic mass is 9.93. The maximum Gasteiger partial charge on any atom is 0.251 e. The zero-order valence-corrected chi connectivity index (χ0v) is 8.90. The highest BCUT2D eigenvalue weighted by atomic mass is 19.3. The Bertz CT molecular complexity index is 138. The molecular formula is C9H20F2N2. The minimum absolute atomic E-state index is 0.0401. The van der Waals surface area contributed by atoms with E-state index < -0.39 is 6.43 Å². The van der Waals surface area contributed by atoms with Gasteiger partial charge in [0.2, 0.25) is 0 Å². The van der Waals surface area contributed by atoms with Gasteiger partial charge < -0.3 is 10.2 Å². The van der Waals surface area contributed by atoms with Gasteiger partial charge in [-0.1, -0.05) is 13.8 Å². The minimum Gasteiger partial charge on any atom is -0.319 e. The molecule has 80 valence electrons. The first-order valence-electron chi connectivity index (χ1n) is 4.49. The van der Waals surface area contributed by atoms with Gasteiger partial charge >= 0.3 is 0 Å². The molecule has 4 heteroatoms. The standard InChI is InChI=1S/C9H20F2N2/c1-9(2,6-12-3)7-13(4)5-8(10)11/h8,12H,5-7H2,1-4H3. The monoisotopic (exact) mass is 194 g/mol. The smallest absolute Gasteiger partial charge is 0.251 e. The third-order valence-corrected chi connectivity index (χ3v) is 1.80. The van der Waals surface area contributed by atoms with Gasteiger partial charge in [0.05, 0.1) is 6.54 Å². The average Bonchev–Trinajstić information content (AvgIpc) is 1.81. The van der Waals surface area contributed by atoms with Gasteiger partial charge in [-0.25, -0.2) is 8.78 Å². The summed E-state index contributed by atoms with van der Waals surface area (Å²) in [7, 11) is 3.60. The van der Waals surface area contributed by atoms with Crippen LogP contribution >= 0.6 is 0 Å². The third kappa shape index (κ3) is 6.90. The van der Waals surface area contributed by atoms with Crippen molar-refractivity contribution < 1.29 is 8.78 Å². The normalized spacial score (nSPS) is 12.9. The van der Waals surface area contributed by atoms with E-state index in [0.29, 0.717) is 6.54 Å². The van der Waals surface area contributed by atoms with Crippen molar-refractivity contribution in [3.05, 3.63) is 0 Å². The van der Waals surface area contributed by atoms with Crippen LogP contribution in [0.1, 0.15) is 13.8 Å². The Balaban J connectivity index is 3.81. The zero-order chi connectivity index (χ0) is 10.5. The molecule has 0 radical (unpaired) electrons. The van der Waals surface area contributed by atoms with Gasteiger partial charge in [-0.3, -0.25) is 0 Å². The quantitative estimate of drug-likeness (QED) is 0.688. The highest BCUT2D eigenvalue weighted by Gasteiger charge is 2.20. The zero-order valence-electron chi connectivity index (χ0n) is 8.90. The Morgan fingerprint density at radius 3 is 2.31 bits per heavy atom. The Hall–Kier alpha value is -0.220. The second-order valence-corrected chi connectivity index (χ2v) is 4.28. The van der Waals surface area contributed by atoms with Crippen LogP contribution in [0.5, 0.6) is 0 Å². The van der Waals surface area contributed by atoms with Gasteiger partial charge in [0, 0.05) is 13.1 Å². The summed E-state index contributed by atoms with van der Waals surface area (Å²) in [5, 5.41) is 3.05. The summed E-state index contributed by atoms with van der Waals surface area (Å²) in [6.07, 6.45) is -2.24. The van der Waals surface area contributed by atoms with Crippen LogP contribution in [0.3, 0.4) is 0 Å². The first kappa shape index (κ1) is 12.8. The van der Waals surface area contributed by atoms with Crippen molar-refractivity contribution in [1.29, 1.82) is 0 Å². The molecule has 0 aliphatic carbocycles. The van der Waals surface area contributed by atoms with Gasteiger partial charge in [0.25, 0.3) is 6.43 Å². The molecule has 0 saturated heterocycles. The van der Waals surface area contributed by atoms with E-state index in [1.807, 2.05) is 7.05 Å². The number of rotatable bonds is 6. The molecule has 0 rings (SSSR count). The molecule has 0 aromatic rings. The van der Waals surface area contributed by atoms with E-state index in [9.17, 15) is 8.78 Å². The lowest BCUT2D eigenvalue weighted by Crippen LogP contribution is -2.39. The lowest BCUT2D eigenvalue weighted by Gasteiger charge is -2.29. The predicted molar refractivity (Wildman–Crippen MR) is 51.2 cm³/mol. The summed E-state index contributed by atoms with van der Waals surface area (Å²) in [5.41, 5.74) is 0.0401.